The number of carbonyl (C=O) groups is 4. The van der Waals surface area contributed by atoms with Crippen molar-refractivity contribution in [3.63, 3.8) is 0 Å². The topological polar surface area (TPSA) is 208 Å². The van der Waals surface area contributed by atoms with Crippen LogP contribution in [0.1, 0.15) is 16.9 Å². The molecule has 0 amide bonds. The van der Waals surface area contributed by atoms with Crippen LogP contribution in [-0.4, -0.2) is 61.0 Å². The Morgan fingerprint density at radius 3 is 1.96 bits per heavy atom. The van der Waals surface area contributed by atoms with Gasteiger partial charge in [0.1, 0.15) is 11.8 Å². The van der Waals surface area contributed by atoms with Crippen molar-refractivity contribution in [2.75, 3.05) is 0 Å². The molecule has 0 aliphatic heterocycles. The monoisotopic (exact) mass is 393 g/mol. The zero-order valence-corrected chi connectivity index (χ0v) is 15.0. The number of carbonyl (C=O) groups excluding carboxylic acids is 2. The van der Waals surface area contributed by atoms with Gasteiger partial charge in [0.2, 0.25) is 0 Å². The fraction of sp³-hybridized carbons (Fsp3) is 0.250. The van der Waals surface area contributed by atoms with Crippen LogP contribution in [-0.2, 0) is 33.9 Å². The molecule has 0 saturated carbocycles. The molecule has 4 N–H and O–H groups in total. The van der Waals surface area contributed by atoms with E-state index in [1.165, 1.54) is 12.3 Å². The first kappa shape index (κ1) is 23.8. The van der Waals surface area contributed by atoms with Crippen LogP contribution >= 0.6 is 0 Å². The standard InChI is InChI=1S/C6H5NO2.C6H8O8.Zn/c8-6(9)5-3-1-2-4-7-5;7-2(8)1-6(14,5(12)13)3(9)4(10)11;/h1-4H,(H,8,9);3,9,14H,1H2,(H,7,8)(H,10,11)(H,12,13);/q;;+2/p-2. The van der Waals surface area contributed by atoms with Gasteiger partial charge in [-0.15, -0.1) is 0 Å². The summed E-state index contributed by atoms with van der Waals surface area (Å²) in [5.74, 6) is -7.50. The second-order valence-electron chi connectivity index (χ2n) is 4.02. The molecule has 24 heavy (non-hydrogen) atoms. The average molecular weight is 395 g/mol. The summed E-state index contributed by atoms with van der Waals surface area (Å²) >= 11 is 0. The summed E-state index contributed by atoms with van der Waals surface area (Å²) in [5.41, 5.74) is -3.27. The second-order valence-corrected chi connectivity index (χ2v) is 4.02. The molecule has 1 rings (SSSR count). The Morgan fingerprint density at radius 2 is 1.71 bits per heavy atom. The van der Waals surface area contributed by atoms with Crippen LogP contribution in [0.15, 0.2) is 24.4 Å². The maximum atomic E-state index is 10.3. The van der Waals surface area contributed by atoms with E-state index in [0.717, 1.165) is 0 Å². The van der Waals surface area contributed by atoms with E-state index in [9.17, 15) is 29.4 Å². The number of hydrogen-bond acceptors (Lipinski definition) is 9. The number of aromatic carboxylic acids is 1. The third-order valence-corrected chi connectivity index (χ3v) is 2.34. The Kier molecular flexibility index (Phi) is 10.3. The fourth-order valence-electron chi connectivity index (χ4n) is 1.19. The normalized spacial score (nSPS) is 13.1. The quantitative estimate of drug-likeness (QED) is 0.340. The molecular formula is C12H11NO10Zn. The van der Waals surface area contributed by atoms with Crippen molar-refractivity contribution < 1.29 is 69.3 Å². The molecule has 0 aromatic carbocycles. The van der Waals surface area contributed by atoms with Crippen molar-refractivity contribution in [1.29, 1.82) is 0 Å². The molecule has 0 radical (unpaired) electrons. The summed E-state index contributed by atoms with van der Waals surface area (Å²) < 4.78 is 0. The van der Waals surface area contributed by atoms with Gasteiger partial charge in [0.15, 0.2) is 5.60 Å². The summed E-state index contributed by atoms with van der Waals surface area (Å²) in [7, 11) is 0. The minimum absolute atomic E-state index is 0. The SMILES string of the molecule is O=C(O)c1ccccn1.O=C([O-])CC(O)(C(=O)O)C(O)C(=O)[O-].[Zn+2]. The molecule has 1 aromatic heterocycles. The van der Waals surface area contributed by atoms with Crippen LogP contribution < -0.4 is 10.2 Å². The van der Waals surface area contributed by atoms with Gasteiger partial charge in [-0.2, -0.15) is 0 Å². The van der Waals surface area contributed by atoms with Crippen molar-refractivity contribution >= 4 is 23.9 Å². The number of carboxylic acid groups (broad SMARTS) is 4. The number of aliphatic carboxylic acids is 3. The second kappa shape index (κ2) is 10.4. The molecule has 2 atom stereocenters. The van der Waals surface area contributed by atoms with Crippen LogP contribution in [0.2, 0.25) is 0 Å². The Morgan fingerprint density at radius 1 is 1.17 bits per heavy atom. The van der Waals surface area contributed by atoms with Gasteiger partial charge in [-0.3, -0.25) is 0 Å². The summed E-state index contributed by atoms with van der Waals surface area (Å²) in [5, 5.41) is 54.3. The summed E-state index contributed by atoms with van der Waals surface area (Å²) in [6.45, 7) is 0. The van der Waals surface area contributed by atoms with Crippen molar-refractivity contribution in [1.82, 2.24) is 4.98 Å². The van der Waals surface area contributed by atoms with Crippen molar-refractivity contribution in [2.45, 2.75) is 18.1 Å². The molecule has 2 unspecified atom stereocenters. The zero-order chi connectivity index (χ0) is 18.2. The minimum atomic E-state index is -3.35. The Balaban J connectivity index is 0. The van der Waals surface area contributed by atoms with Gasteiger partial charge in [0.25, 0.3) is 0 Å². The molecule has 11 nitrogen and oxygen atoms in total. The average Bonchev–Trinajstić information content (AvgIpc) is 2.46. The predicted molar refractivity (Wildman–Crippen MR) is 64.4 cm³/mol. The van der Waals surface area contributed by atoms with E-state index in [0.29, 0.717) is 0 Å². The third kappa shape index (κ3) is 7.22. The van der Waals surface area contributed by atoms with Gasteiger partial charge in [-0.25, -0.2) is 14.6 Å². The first-order valence-corrected chi connectivity index (χ1v) is 5.71. The molecule has 12 heteroatoms. The number of rotatable bonds is 6. The van der Waals surface area contributed by atoms with Crippen molar-refractivity contribution in [3.05, 3.63) is 30.1 Å². The number of pyridine rings is 1. The van der Waals surface area contributed by atoms with Gasteiger partial charge in [-0.05, 0) is 12.1 Å². The van der Waals surface area contributed by atoms with Crippen LogP contribution in [0.25, 0.3) is 0 Å². The molecule has 1 aromatic rings. The number of nitrogens with zero attached hydrogens (tertiary/aromatic N) is 1. The molecular weight excluding hydrogens is 384 g/mol. The van der Waals surface area contributed by atoms with Gasteiger partial charge < -0.3 is 40.2 Å². The first-order chi connectivity index (χ1) is 10.5. The van der Waals surface area contributed by atoms with E-state index in [2.05, 4.69) is 4.98 Å². The Bertz CT molecular complexity index is 593. The fourth-order valence-corrected chi connectivity index (χ4v) is 1.19. The van der Waals surface area contributed by atoms with E-state index < -0.39 is 42.0 Å². The molecule has 0 fully saturated rings. The first-order valence-electron chi connectivity index (χ1n) is 5.71. The minimum Gasteiger partial charge on any atom is -0.550 e. The molecule has 0 aliphatic carbocycles. The van der Waals surface area contributed by atoms with Gasteiger partial charge in [-0.1, -0.05) is 6.07 Å². The zero-order valence-electron chi connectivity index (χ0n) is 12.0. The van der Waals surface area contributed by atoms with E-state index in [1.807, 2.05) is 0 Å². The van der Waals surface area contributed by atoms with Crippen LogP contribution in [0.3, 0.4) is 0 Å². The maximum Gasteiger partial charge on any atom is 2.00 e. The number of aliphatic hydroxyl groups is 2. The number of hydrogen-bond donors (Lipinski definition) is 4. The van der Waals surface area contributed by atoms with E-state index in [-0.39, 0.29) is 25.2 Å². The molecule has 0 saturated heterocycles. The predicted octanol–water partition coefficient (Wildman–Crippen LogP) is -4.17. The summed E-state index contributed by atoms with van der Waals surface area (Å²) in [6, 6.07) is 4.76. The summed E-state index contributed by atoms with van der Waals surface area (Å²) in [4.78, 5) is 44.0. The van der Waals surface area contributed by atoms with Gasteiger partial charge in [0, 0.05) is 18.6 Å². The van der Waals surface area contributed by atoms with Crippen LogP contribution in [0, 0.1) is 0 Å². The van der Waals surface area contributed by atoms with Gasteiger partial charge in [0.05, 0.1) is 5.97 Å². The number of aromatic nitrogens is 1. The van der Waals surface area contributed by atoms with E-state index in [1.54, 1.807) is 12.1 Å². The van der Waals surface area contributed by atoms with Crippen molar-refractivity contribution in [3.8, 4) is 0 Å². The van der Waals surface area contributed by atoms with Crippen LogP contribution in [0.4, 0.5) is 0 Å². The molecule has 0 spiro atoms. The van der Waals surface area contributed by atoms with Gasteiger partial charge >= 0.3 is 31.4 Å². The Labute approximate surface area is 147 Å². The summed E-state index contributed by atoms with van der Waals surface area (Å²) in [6.07, 6.45) is -2.96. The van der Waals surface area contributed by atoms with E-state index in [4.69, 9.17) is 20.4 Å². The number of carboxylic acids is 4. The Hall–Kier alpha value is -2.43. The molecule has 1 heterocycles. The molecule has 0 aliphatic rings. The van der Waals surface area contributed by atoms with Crippen LogP contribution in [0.5, 0.6) is 0 Å². The maximum absolute atomic E-state index is 10.3. The largest absolute Gasteiger partial charge is 2.00 e. The smallest absolute Gasteiger partial charge is 0.550 e. The van der Waals surface area contributed by atoms with E-state index >= 15 is 0 Å². The molecule has 0 bridgehead atoms. The van der Waals surface area contributed by atoms with Crippen molar-refractivity contribution in [2.24, 2.45) is 0 Å². The third-order valence-electron chi connectivity index (χ3n) is 2.34. The number of aliphatic hydroxyl groups excluding tert-OH is 1. The molecule has 126 valence electrons.